The number of thiophene rings is 1. The van der Waals surface area contributed by atoms with E-state index >= 15 is 0 Å². The molecule has 4 aromatic rings. The van der Waals surface area contributed by atoms with E-state index in [2.05, 4.69) is 15.7 Å². The van der Waals surface area contributed by atoms with Crippen LogP contribution >= 0.6 is 11.3 Å². The Balaban J connectivity index is 1.64. The van der Waals surface area contributed by atoms with Crippen LogP contribution in [-0.4, -0.2) is 20.1 Å². The molecule has 0 saturated carbocycles. The van der Waals surface area contributed by atoms with E-state index in [0.717, 1.165) is 23.3 Å². The molecule has 0 fully saturated rings. The number of Topliss-reactive ketones (excluding diaryl/α,β-unsaturated/α-hetero) is 1. The Kier molecular flexibility index (Phi) is 4.49. The second-order valence-corrected chi connectivity index (χ2v) is 7.60. The first-order chi connectivity index (χ1) is 13.0. The Morgan fingerprint density at radius 1 is 1.15 bits per heavy atom. The third-order valence-electron chi connectivity index (χ3n) is 4.82. The summed E-state index contributed by atoms with van der Waals surface area (Å²) in [6.45, 7) is 4.63. The minimum Gasteiger partial charge on any atom is -0.343 e. The van der Waals surface area contributed by atoms with Gasteiger partial charge in [-0.1, -0.05) is 24.3 Å². The topological polar surface area (TPSA) is 56.9 Å². The molecule has 0 aliphatic carbocycles. The van der Waals surface area contributed by atoms with E-state index in [1.54, 1.807) is 23.6 Å². The molecule has 1 aromatic carbocycles. The van der Waals surface area contributed by atoms with Gasteiger partial charge in [-0.2, -0.15) is 5.10 Å². The average molecular weight is 377 g/mol. The van der Waals surface area contributed by atoms with Gasteiger partial charge in [-0.15, -0.1) is 11.3 Å². The normalized spacial score (nSPS) is 11.2. The lowest BCUT2D eigenvalue weighted by Crippen LogP contribution is -2.26. The predicted octanol–water partition coefficient (Wildman–Crippen LogP) is 3.81. The summed E-state index contributed by atoms with van der Waals surface area (Å²) in [4.78, 5) is 26.7. The standard InChI is InChI=1S/C21H19N3O2S/c1-14-10-19(15(2)23(14)12-17-7-5-9-27-17)20(25)13-24-21(26)18-8-4-3-6-16(18)11-22-24/h3-11H,12-13H2,1-2H3. The molecule has 0 radical (unpaired) electrons. The number of aryl methyl sites for hydroxylation is 1. The Labute approximate surface area is 160 Å². The number of hydrogen-bond donors (Lipinski definition) is 0. The lowest BCUT2D eigenvalue weighted by Gasteiger charge is -2.09. The molecular weight excluding hydrogens is 358 g/mol. The molecule has 6 heteroatoms. The van der Waals surface area contributed by atoms with Crippen molar-refractivity contribution in [3.63, 3.8) is 0 Å². The number of hydrogen-bond acceptors (Lipinski definition) is 4. The Bertz CT molecular complexity index is 1190. The van der Waals surface area contributed by atoms with Crippen molar-refractivity contribution in [3.8, 4) is 0 Å². The van der Waals surface area contributed by atoms with Gasteiger partial charge in [0.15, 0.2) is 5.78 Å². The van der Waals surface area contributed by atoms with E-state index in [-0.39, 0.29) is 17.9 Å². The zero-order valence-electron chi connectivity index (χ0n) is 15.2. The number of benzene rings is 1. The van der Waals surface area contributed by atoms with Crippen LogP contribution in [0.2, 0.25) is 0 Å². The van der Waals surface area contributed by atoms with E-state index in [9.17, 15) is 9.59 Å². The quantitative estimate of drug-likeness (QED) is 0.497. The maximum atomic E-state index is 12.9. The van der Waals surface area contributed by atoms with Gasteiger partial charge in [-0.3, -0.25) is 9.59 Å². The maximum absolute atomic E-state index is 12.9. The molecule has 0 aliphatic rings. The molecule has 4 rings (SSSR count). The fraction of sp³-hybridized carbons (Fsp3) is 0.190. The minimum absolute atomic E-state index is 0.0625. The fourth-order valence-electron chi connectivity index (χ4n) is 3.35. The molecule has 5 nitrogen and oxygen atoms in total. The van der Waals surface area contributed by atoms with Crippen molar-refractivity contribution >= 4 is 27.9 Å². The molecule has 0 aliphatic heterocycles. The van der Waals surface area contributed by atoms with Crippen LogP contribution in [-0.2, 0) is 13.1 Å². The van der Waals surface area contributed by atoms with Gasteiger partial charge < -0.3 is 4.57 Å². The summed E-state index contributed by atoms with van der Waals surface area (Å²) in [6, 6.07) is 13.3. The van der Waals surface area contributed by atoms with Crippen molar-refractivity contribution < 1.29 is 4.79 Å². The SMILES string of the molecule is Cc1cc(C(=O)Cn2ncc3ccccc3c2=O)c(C)n1Cc1cccs1. The van der Waals surface area contributed by atoms with Gasteiger partial charge in [0, 0.05) is 27.2 Å². The van der Waals surface area contributed by atoms with E-state index in [4.69, 9.17) is 0 Å². The van der Waals surface area contributed by atoms with Gasteiger partial charge in [0.1, 0.15) is 6.54 Å². The second kappa shape index (κ2) is 6.96. The highest BCUT2D eigenvalue weighted by molar-refractivity contribution is 7.09. The van der Waals surface area contributed by atoms with E-state index in [1.807, 2.05) is 49.6 Å². The second-order valence-electron chi connectivity index (χ2n) is 6.57. The molecule has 0 amide bonds. The summed E-state index contributed by atoms with van der Waals surface area (Å²) in [6.07, 6.45) is 1.63. The van der Waals surface area contributed by atoms with Crippen molar-refractivity contribution in [2.45, 2.75) is 26.9 Å². The smallest absolute Gasteiger partial charge is 0.275 e. The number of fused-ring (bicyclic) bond motifs is 1. The highest BCUT2D eigenvalue weighted by Crippen LogP contribution is 2.20. The Hall–Kier alpha value is -2.99. The van der Waals surface area contributed by atoms with Gasteiger partial charge in [0.2, 0.25) is 0 Å². The van der Waals surface area contributed by atoms with Crippen LogP contribution in [0.3, 0.4) is 0 Å². The fourth-order valence-corrected chi connectivity index (χ4v) is 4.04. The van der Waals surface area contributed by atoms with Crippen molar-refractivity contribution in [1.82, 2.24) is 14.3 Å². The van der Waals surface area contributed by atoms with Crippen molar-refractivity contribution in [2.75, 3.05) is 0 Å². The van der Waals surface area contributed by atoms with Gasteiger partial charge in [0.25, 0.3) is 5.56 Å². The first-order valence-electron chi connectivity index (χ1n) is 8.72. The van der Waals surface area contributed by atoms with Gasteiger partial charge in [-0.25, -0.2) is 4.68 Å². The van der Waals surface area contributed by atoms with Crippen LogP contribution in [0.4, 0.5) is 0 Å². The molecule has 0 N–H and O–H groups in total. The predicted molar refractivity (Wildman–Crippen MR) is 108 cm³/mol. The van der Waals surface area contributed by atoms with Crippen LogP contribution in [0.1, 0.15) is 26.6 Å². The number of ketones is 1. The van der Waals surface area contributed by atoms with Crippen LogP contribution in [0.15, 0.2) is 58.8 Å². The third-order valence-corrected chi connectivity index (χ3v) is 5.68. The van der Waals surface area contributed by atoms with Crippen molar-refractivity contribution in [3.05, 3.63) is 86.2 Å². The van der Waals surface area contributed by atoms with Crippen LogP contribution < -0.4 is 5.56 Å². The highest BCUT2D eigenvalue weighted by atomic mass is 32.1. The van der Waals surface area contributed by atoms with Crippen LogP contribution in [0.5, 0.6) is 0 Å². The molecule has 136 valence electrons. The molecule has 27 heavy (non-hydrogen) atoms. The van der Waals surface area contributed by atoms with Crippen molar-refractivity contribution in [2.24, 2.45) is 0 Å². The van der Waals surface area contributed by atoms with Crippen molar-refractivity contribution in [1.29, 1.82) is 0 Å². The number of carbonyl (C=O) groups excluding carboxylic acids is 1. The molecule has 0 atom stereocenters. The van der Waals surface area contributed by atoms with Crippen LogP contribution in [0, 0.1) is 13.8 Å². The summed E-state index contributed by atoms with van der Waals surface area (Å²) in [5.74, 6) is -0.106. The number of carbonyl (C=O) groups is 1. The van der Waals surface area contributed by atoms with E-state index in [0.29, 0.717) is 10.9 Å². The molecule has 3 aromatic heterocycles. The van der Waals surface area contributed by atoms with Gasteiger partial charge >= 0.3 is 0 Å². The number of rotatable bonds is 5. The molecule has 0 spiro atoms. The zero-order chi connectivity index (χ0) is 19.0. The van der Waals surface area contributed by atoms with Crippen LogP contribution in [0.25, 0.3) is 10.8 Å². The minimum atomic E-state index is -0.242. The summed E-state index contributed by atoms with van der Waals surface area (Å²) >= 11 is 1.70. The van der Waals surface area contributed by atoms with Gasteiger partial charge in [0.05, 0.1) is 18.1 Å². The van der Waals surface area contributed by atoms with Gasteiger partial charge in [-0.05, 0) is 37.4 Å². The molecule has 0 unspecified atom stereocenters. The average Bonchev–Trinajstić information content (AvgIpc) is 3.28. The molecule has 0 saturated heterocycles. The molecular formula is C21H19N3O2S. The summed E-state index contributed by atoms with van der Waals surface area (Å²) in [7, 11) is 0. The summed E-state index contributed by atoms with van der Waals surface area (Å²) < 4.78 is 3.38. The maximum Gasteiger partial charge on any atom is 0.275 e. The Morgan fingerprint density at radius 3 is 2.74 bits per heavy atom. The van der Waals surface area contributed by atoms with E-state index < -0.39 is 0 Å². The largest absolute Gasteiger partial charge is 0.343 e. The summed E-state index contributed by atoms with van der Waals surface area (Å²) in [5.41, 5.74) is 2.35. The highest BCUT2D eigenvalue weighted by Gasteiger charge is 2.18. The first kappa shape index (κ1) is 17.4. The number of aromatic nitrogens is 3. The zero-order valence-corrected chi connectivity index (χ0v) is 16.0. The lowest BCUT2D eigenvalue weighted by atomic mass is 10.1. The third kappa shape index (κ3) is 3.24. The Morgan fingerprint density at radius 2 is 1.96 bits per heavy atom. The molecule has 3 heterocycles. The molecule has 0 bridgehead atoms. The van der Waals surface area contributed by atoms with E-state index in [1.165, 1.54) is 9.56 Å². The monoisotopic (exact) mass is 377 g/mol. The lowest BCUT2D eigenvalue weighted by molar-refractivity contribution is 0.0965. The first-order valence-corrected chi connectivity index (χ1v) is 9.60. The summed E-state index contributed by atoms with van der Waals surface area (Å²) in [5, 5.41) is 7.57. The number of nitrogens with zero attached hydrogens (tertiary/aromatic N) is 3.